The van der Waals surface area contributed by atoms with Crippen LogP contribution in [0.5, 0.6) is 5.75 Å². The number of carbonyl (C=O) groups is 1. The molecule has 2 aromatic carbocycles. The number of hydrogen-bond acceptors (Lipinski definition) is 5. The van der Waals surface area contributed by atoms with Gasteiger partial charge in [0.1, 0.15) is 11.3 Å². The lowest BCUT2D eigenvalue weighted by molar-refractivity contribution is -0.119. The molecular weight excluding hydrogens is 348 g/mol. The molecule has 0 aliphatic heterocycles. The van der Waals surface area contributed by atoms with Gasteiger partial charge in [0.15, 0.2) is 5.58 Å². The molecule has 0 radical (unpaired) electrons. The molecule has 3 aromatic rings. The summed E-state index contributed by atoms with van der Waals surface area (Å²) in [5, 5.41) is 3.69. The molecule has 1 atom stereocenters. The summed E-state index contributed by atoms with van der Waals surface area (Å²) in [5.41, 5.74) is 2.67. The predicted octanol–water partition coefficient (Wildman–Crippen LogP) is 4.20. The topological polar surface area (TPSA) is 64.4 Å². The smallest absolute Gasteiger partial charge is 0.257 e. The van der Waals surface area contributed by atoms with Crippen LogP contribution in [0, 0.1) is 5.92 Å². The first-order chi connectivity index (χ1) is 12.7. The number of benzene rings is 2. The molecule has 6 heteroatoms. The van der Waals surface area contributed by atoms with Gasteiger partial charge in [-0.15, -0.1) is 0 Å². The van der Waals surface area contributed by atoms with Crippen molar-refractivity contribution >= 4 is 28.8 Å². The molecule has 5 nitrogen and oxygen atoms in total. The summed E-state index contributed by atoms with van der Waals surface area (Å²) in [5.74, 6) is 1.61. The number of fused-ring (bicyclic) bond motifs is 1. The van der Waals surface area contributed by atoms with E-state index >= 15 is 0 Å². The second kappa shape index (κ2) is 7.41. The van der Waals surface area contributed by atoms with E-state index in [9.17, 15) is 4.79 Å². The molecule has 0 spiro atoms. The van der Waals surface area contributed by atoms with Crippen LogP contribution in [0.15, 0.2) is 58.2 Å². The number of nitrogens with zero attached hydrogens (tertiary/aromatic N) is 1. The van der Waals surface area contributed by atoms with Crippen LogP contribution in [0.25, 0.3) is 11.1 Å². The Balaban J connectivity index is 1.38. The Morgan fingerprint density at radius 3 is 2.73 bits per heavy atom. The minimum Gasteiger partial charge on any atom is -0.497 e. The summed E-state index contributed by atoms with van der Waals surface area (Å²) in [7, 11) is 1.65. The number of amides is 1. The monoisotopic (exact) mass is 368 g/mol. The van der Waals surface area contributed by atoms with Gasteiger partial charge in [-0.1, -0.05) is 36.0 Å². The molecule has 134 valence electrons. The Kier molecular flexibility index (Phi) is 4.84. The normalized spacial score (nSPS) is 15.0. The third kappa shape index (κ3) is 3.85. The Morgan fingerprint density at radius 2 is 2.04 bits per heavy atom. The summed E-state index contributed by atoms with van der Waals surface area (Å²) >= 11 is 1.32. The lowest BCUT2D eigenvalue weighted by atomic mass is 10.0. The second-order valence-corrected chi connectivity index (χ2v) is 7.32. The number of hydrogen-bond donors (Lipinski definition) is 1. The van der Waals surface area contributed by atoms with E-state index in [1.165, 1.54) is 11.8 Å². The maximum absolute atomic E-state index is 12.4. The number of aromatic nitrogens is 1. The van der Waals surface area contributed by atoms with Gasteiger partial charge in [0.25, 0.3) is 5.22 Å². The Morgan fingerprint density at radius 1 is 1.27 bits per heavy atom. The summed E-state index contributed by atoms with van der Waals surface area (Å²) in [6, 6.07) is 15.6. The fraction of sp³-hybridized carbons (Fsp3) is 0.300. The van der Waals surface area contributed by atoms with Crippen molar-refractivity contribution in [3.8, 4) is 5.75 Å². The number of methoxy groups -OCH3 is 1. The molecule has 1 aliphatic rings. The summed E-state index contributed by atoms with van der Waals surface area (Å²) < 4.78 is 10.9. The van der Waals surface area contributed by atoms with Gasteiger partial charge < -0.3 is 14.5 Å². The number of rotatable bonds is 7. The molecular formula is C20H20N2O3S. The predicted molar refractivity (Wildman–Crippen MR) is 101 cm³/mol. The molecule has 26 heavy (non-hydrogen) atoms. The van der Waals surface area contributed by atoms with E-state index in [-0.39, 0.29) is 17.7 Å². The molecule has 0 bridgehead atoms. The van der Waals surface area contributed by atoms with Crippen LogP contribution < -0.4 is 10.1 Å². The van der Waals surface area contributed by atoms with E-state index in [1.807, 2.05) is 48.5 Å². The molecule has 1 aliphatic carbocycles. The number of ether oxygens (including phenoxy) is 1. The van der Waals surface area contributed by atoms with Gasteiger partial charge in [0.2, 0.25) is 5.91 Å². The van der Waals surface area contributed by atoms with Gasteiger partial charge in [0, 0.05) is 0 Å². The Labute approximate surface area is 156 Å². The molecule has 1 N–H and O–H groups in total. The first-order valence-corrected chi connectivity index (χ1v) is 9.63. The van der Waals surface area contributed by atoms with E-state index in [4.69, 9.17) is 9.15 Å². The number of nitrogens with one attached hydrogen (secondary N) is 1. The van der Waals surface area contributed by atoms with Gasteiger partial charge in [-0.05, 0) is 48.6 Å². The zero-order valence-electron chi connectivity index (χ0n) is 14.5. The van der Waals surface area contributed by atoms with Crippen molar-refractivity contribution in [2.45, 2.75) is 24.1 Å². The first-order valence-electron chi connectivity index (χ1n) is 8.64. The average Bonchev–Trinajstić information content (AvgIpc) is 3.43. The molecule has 1 unspecified atom stereocenters. The van der Waals surface area contributed by atoms with Crippen LogP contribution in [-0.4, -0.2) is 23.8 Å². The molecule has 1 heterocycles. The SMILES string of the molecule is COc1ccc(C(NC(=O)CSc2nc3ccccc3o2)C2CC2)cc1. The number of thioether (sulfide) groups is 1. The number of para-hydroxylation sites is 2. The molecule has 1 fully saturated rings. The highest BCUT2D eigenvalue weighted by Gasteiger charge is 2.33. The van der Waals surface area contributed by atoms with Gasteiger partial charge in [-0.3, -0.25) is 4.79 Å². The molecule has 1 saturated carbocycles. The number of carbonyl (C=O) groups excluding carboxylic acids is 1. The summed E-state index contributed by atoms with van der Waals surface area (Å²) in [4.78, 5) is 16.8. The second-order valence-electron chi connectivity index (χ2n) is 6.39. The lowest BCUT2D eigenvalue weighted by Gasteiger charge is -2.19. The van der Waals surface area contributed by atoms with Gasteiger partial charge in [-0.2, -0.15) is 0 Å². The van der Waals surface area contributed by atoms with Gasteiger partial charge >= 0.3 is 0 Å². The van der Waals surface area contributed by atoms with E-state index in [1.54, 1.807) is 7.11 Å². The highest BCUT2D eigenvalue weighted by atomic mass is 32.2. The van der Waals surface area contributed by atoms with Crippen molar-refractivity contribution in [2.75, 3.05) is 12.9 Å². The zero-order valence-corrected chi connectivity index (χ0v) is 15.3. The van der Waals surface area contributed by atoms with Crippen LogP contribution in [0.3, 0.4) is 0 Å². The highest BCUT2D eigenvalue weighted by Crippen LogP contribution is 2.41. The van der Waals surface area contributed by atoms with Crippen LogP contribution in [0.2, 0.25) is 0 Å². The van der Waals surface area contributed by atoms with Crippen molar-refractivity contribution in [2.24, 2.45) is 5.92 Å². The lowest BCUT2D eigenvalue weighted by Crippen LogP contribution is -2.31. The standard InChI is InChI=1S/C20H20N2O3S/c1-24-15-10-8-14(9-11-15)19(13-6-7-13)22-18(23)12-26-20-21-16-4-2-3-5-17(16)25-20/h2-5,8-11,13,19H,6-7,12H2,1H3,(H,22,23). The first kappa shape index (κ1) is 17.0. The van der Waals surface area contributed by atoms with Crippen LogP contribution in [-0.2, 0) is 4.79 Å². The third-order valence-corrected chi connectivity index (χ3v) is 5.31. The molecule has 0 saturated heterocycles. The fourth-order valence-corrected chi connectivity index (χ4v) is 3.62. The van der Waals surface area contributed by atoms with E-state index in [2.05, 4.69) is 10.3 Å². The summed E-state index contributed by atoms with van der Waals surface area (Å²) in [6.45, 7) is 0. The number of oxazole rings is 1. The zero-order chi connectivity index (χ0) is 17.9. The minimum atomic E-state index is -0.00928. The maximum atomic E-state index is 12.4. The van der Waals surface area contributed by atoms with Crippen LogP contribution in [0.1, 0.15) is 24.4 Å². The van der Waals surface area contributed by atoms with Crippen molar-refractivity contribution < 1.29 is 13.9 Å². The molecule has 1 amide bonds. The quantitative estimate of drug-likeness (QED) is 0.633. The fourth-order valence-electron chi connectivity index (χ4n) is 2.97. The molecule has 1 aromatic heterocycles. The van der Waals surface area contributed by atoms with Crippen LogP contribution in [0.4, 0.5) is 0 Å². The van der Waals surface area contributed by atoms with Crippen molar-refractivity contribution in [3.05, 3.63) is 54.1 Å². The van der Waals surface area contributed by atoms with E-state index < -0.39 is 0 Å². The van der Waals surface area contributed by atoms with E-state index in [0.29, 0.717) is 11.1 Å². The largest absolute Gasteiger partial charge is 0.497 e. The van der Waals surface area contributed by atoms with Crippen molar-refractivity contribution in [3.63, 3.8) is 0 Å². The Bertz CT molecular complexity index is 870. The van der Waals surface area contributed by atoms with Crippen LogP contribution >= 0.6 is 11.8 Å². The maximum Gasteiger partial charge on any atom is 0.257 e. The van der Waals surface area contributed by atoms with E-state index in [0.717, 1.165) is 35.3 Å². The van der Waals surface area contributed by atoms with Crippen molar-refractivity contribution in [1.29, 1.82) is 0 Å². The van der Waals surface area contributed by atoms with Crippen molar-refractivity contribution in [1.82, 2.24) is 10.3 Å². The average molecular weight is 368 g/mol. The van der Waals surface area contributed by atoms with Gasteiger partial charge in [-0.25, -0.2) is 4.98 Å². The molecule has 4 rings (SSSR count). The third-order valence-electron chi connectivity index (χ3n) is 4.49. The van der Waals surface area contributed by atoms with Gasteiger partial charge in [0.05, 0.1) is 18.9 Å². The Hall–Kier alpha value is -2.47. The highest BCUT2D eigenvalue weighted by molar-refractivity contribution is 7.99. The summed E-state index contributed by atoms with van der Waals surface area (Å²) in [6.07, 6.45) is 2.30. The minimum absolute atomic E-state index is 0.00928.